The van der Waals surface area contributed by atoms with E-state index in [-0.39, 0.29) is 19.3 Å². The summed E-state index contributed by atoms with van der Waals surface area (Å²) in [6.45, 7) is 6.70. The number of nitrogens with zero attached hydrogens (tertiary/aromatic N) is 1. The fourth-order valence-electron chi connectivity index (χ4n) is 7.89. The number of aliphatic hydroxyl groups excluding tert-OH is 3. The third kappa shape index (κ3) is 3.11. The number of aliphatic hydroxyl groups is 3. The molecule has 27 heavy (non-hydrogen) atoms. The van der Waals surface area contributed by atoms with Gasteiger partial charge in [-0.25, -0.2) is 0 Å². The van der Waals surface area contributed by atoms with Crippen molar-refractivity contribution in [3.05, 3.63) is 11.6 Å². The standard InChI is InChI=1S/C23H39NO3/c1-22-9-7-17(27)15-16(22)3-4-18-19-5-6-21(24(11-13-25)12-14-26)23(19,2)10-8-20(18)22/h3,17-21,25-27H,4-15H2,1-2H3/t17-,18+,19+,20+,21-,22+,23+/m1/s1. The van der Waals surface area contributed by atoms with Gasteiger partial charge in [0, 0.05) is 19.1 Å². The second-order valence-corrected chi connectivity index (χ2v) is 10.3. The van der Waals surface area contributed by atoms with E-state index >= 15 is 0 Å². The third-order valence-electron chi connectivity index (χ3n) is 9.24. The maximum atomic E-state index is 10.2. The Bertz CT molecular complexity index is 572. The number of hydrogen-bond donors (Lipinski definition) is 3. The van der Waals surface area contributed by atoms with Crippen LogP contribution < -0.4 is 0 Å². The van der Waals surface area contributed by atoms with Crippen LogP contribution >= 0.6 is 0 Å². The Morgan fingerprint density at radius 1 is 1.00 bits per heavy atom. The quantitative estimate of drug-likeness (QED) is 0.645. The first kappa shape index (κ1) is 19.9. The predicted octanol–water partition coefficient (Wildman–Crippen LogP) is 2.97. The summed E-state index contributed by atoms with van der Waals surface area (Å²) in [6, 6.07) is 0.495. The van der Waals surface area contributed by atoms with Crippen LogP contribution in [0.3, 0.4) is 0 Å². The second kappa shape index (κ2) is 7.44. The van der Waals surface area contributed by atoms with E-state index in [2.05, 4.69) is 24.8 Å². The Morgan fingerprint density at radius 2 is 1.74 bits per heavy atom. The molecule has 4 rings (SSSR count). The summed E-state index contributed by atoms with van der Waals surface area (Å²) in [4.78, 5) is 2.36. The zero-order chi connectivity index (χ0) is 19.2. The number of hydrogen-bond acceptors (Lipinski definition) is 4. The van der Waals surface area contributed by atoms with Crippen LogP contribution in [0, 0.1) is 28.6 Å². The number of fused-ring (bicyclic) bond motifs is 5. The van der Waals surface area contributed by atoms with Crippen LogP contribution in [0.15, 0.2) is 11.6 Å². The largest absolute Gasteiger partial charge is 0.395 e. The first-order valence-corrected chi connectivity index (χ1v) is 11.3. The summed E-state index contributed by atoms with van der Waals surface area (Å²) in [5.74, 6) is 2.29. The van der Waals surface area contributed by atoms with Gasteiger partial charge >= 0.3 is 0 Å². The van der Waals surface area contributed by atoms with Gasteiger partial charge in [0.15, 0.2) is 0 Å². The second-order valence-electron chi connectivity index (χ2n) is 10.3. The van der Waals surface area contributed by atoms with Crippen LogP contribution in [-0.2, 0) is 0 Å². The minimum Gasteiger partial charge on any atom is -0.395 e. The lowest BCUT2D eigenvalue weighted by Crippen LogP contribution is -2.54. The average Bonchev–Trinajstić information content (AvgIpc) is 2.99. The Balaban J connectivity index is 1.58. The summed E-state index contributed by atoms with van der Waals surface area (Å²) in [6.07, 6.45) is 11.6. The molecule has 7 atom stereocenters. The Labute approximate surface area is 164 Å². The van der Waals surface area contributed by atoms with Crippen molar-refractivity contribution < 1.29 is 15.3 Å². The van der Waals surface area contributed by atoms with Crippen molar-refractivity contribution in [2.24, 2.45) is 28.6 Å². The molecule has 0 aromatic rings. The molecule has 4 aliphatic carbocycles. The Morgan fingerprint density at radius 3 is 2.44 bits per heavy atom. The van der Waals surface area contributed by atoms with Gasteiger partial charge < -0.3 is 15.3 Å². The molecule has 0 heterocycles. The van der Waals surface area contributed by atoms with Crippen LogP contribution in [0.5, 0.6) is 0 Å². The first-order chi connectivity index (χ1) is 12.9. The van der Waals surface area contributed by atoms with Crippen molar-refractivity contribution in [1.29, 1.82) is 0 Å². The highest BCUT2D eigenvalue weighted by atomic mass is 16.3. The lowest BCUT2D eigenvalue weighted by molar-refractivity contribution is -0.0621. The average molecular weight is 378 g/mol. The van der Waals surface area contributed by atoms with E-state index in [1.807, 2.05) is 0 Å². The van der Waals surface area contributed by atoms with Crippen LogP contribution in [0.1, 0.15) is 65.2 Å². The van der Waals surface area contributed by atoms with Crippen LogP contribution in [-0.4, -0.2) is 58.7 Å². The molecule has 0 aromatic carbocycles. The minimum atomic E-state index is -0.129. The van der Waals surface area contributed by atoms with Crippen LogP contribution in [0.2, 0.25) is 0 Å². The van der Waals surface area contributed by atoms with Crippen LogP contribution in [0.4, 0.5) is 0 Å². The SMILES string of the molecule is C[C@]12CC[C@H]3[C@@H](CC=C4C[C@H](O)CC[C@@]43C)[C@@H]1CC[C@H]2N(CCO)CCO. The molecule has 154 valence electrons. The van der Waals surface area contributed by atoms with E-state index in [1.165, 1.54) is 32.1 Å². The fraction of sp³-hybridized carbons (Fsp3) is 0.913. The molecule has 3 N–H and O–H groups in total. The molecule has 0 saturated heterocycles. The van der Waals surface area contributed by atoms with Crippen molar-refractivity contribution in [3.63, 3.8) is 0 Å². The molecule has 3 fully saturated rings. The zero-order valence-electron chi connectivity index (χ0n) is 17.2. The van der Waals surface area contributed by atoms with Crippen molar-refractivity contribution in [2.75, 3.05) is 26.3 Å². The molecule has 0 unspecified atom stereocenters. The van der Waals surface area contributed by atoms with Crippen molar-refractivity contribution in [3.8, 4) is 0 Å². The smallest absolute Gasteiger partial charge is 0.0577 e. The third-order valence-corrected chi connectivity index (χ3v) is 9.24. The van der Waals surface area contributed by atoms with Crippen molar-refractivity contribution >= 4 is 0 Å². The Hall–Kier alpha value is -0.420. The highest BCUT2D eigenvalue weighted by Crippen LogP contribution is 2.65. The van der Waals surface area contributed by atoms with Gasteiger partial charge in [0.1, 0.15) is 0 Å². The zero-order valence-corrected chi connectivity index (χ0v) is 17.2. The van der Waals surface area contributed by atoms with Gasteiger partial charge in [0.05, 0.1) is 19.3 Å². The first-order valence-electron chi connectivity index (χ1n) is 11.3. The van der Waals surface area contributed by atoms with Gasteiger partial charge in [-0.3, -0.25) is 4.90 Å². The van der Waals surface area contributed by atoms with Gasteiger partial charge in [-0.15, -0.1) is 0 Å². The summed E-state index contributed by atoms with van der Waals surface area (Å²) in [5, 5.41) is 29.2. The molecule has 0 bridgehead atoms. The maximum Gasteiger partial charge on any atom is 0.0577 e. The summed E-state index contributed by atoms with van der Waals surface area (Å²) in [7, 11) is 0. The van der Waals surface area contributed by atoms with Gasteiger partial charge in [0.25, 0.3) is 0 Å². The fourth-order valence-corrected chi connectivity index (χ4v) is 7.89. The number of rotatable bonds is 5. The molecule has 4 aliphatic rings. The topological polar surface area (TPSA) is 63.9 Å². The summed E-state index contributed by atoms with van der Waals surface area (Å²) in [5.41, 5.74) is 2.15. The molecule has 0 radical (unpaired) electrons. The number of allylic oxidation sites excluding steroid dienone is 1. The van der Waals surface area contributed by atoms with E-state index in [4.69, 9.17) is 0 Å². The monoisotopic (exact) mass is 377 g/mol. The maximum absolute atomic E-state index is 10.2. The molecule has 4 heteroatoms. The summed E-state index contributed by atoms with van der Waals surface area (Å²) < 4.78 is 0. The summed E-state index contributed by atoms with van der Waals surface area (Å²) >= 11 is 0. The molecular weight excluding hydrogens is 338 g/mol. The van der Waals surface area contributed by atoms with Crippen LogP contribution in [0.25, 0.3) is 0 Å². The molecule has 0 amide bonds. The predicted molar refractivity (Wildman–Crippen MR) is 107 cm³/mol. The van der Waals surface area contributed by atoms with Crippen molar-refractivity contribution in [1.82, 2.24) is 4.90 Å². The molecule has 0 aliphatic heterocycles. The lowest BCUT2D eigenvalue weighted by Gasteiger charge is -2.58. The van der Waals surface area contributed by atoms with Gasteiger partial charge in [-0.2, -0.15) is 0 Å². The van der Waals surface area contributed by atoms with Gasteiger partial charge in [0.2, 0.25) is 0 Å². The molecule has 3 saturated carbocycles. The van der Waals surface area contributed by atoms with Gasteiger partial charge in [-0.1, -0.05) is 25.5 Å². The highest BCUT2D eigenvalue weighted by Gasteiger charge is 2.59. The van der Waals surface area contributed by atoms with E-state index in [0.29, 0.717) is 30.0 Å². The van der Waals surface area contributed by atoms with Crippen molar-refractivity contribution in [2.45, 2.75) is 77.4 Å². The van der Waals surface area contributed by atoms with E-state index in [9.17, 15) is 15.3 Å². The van der Waals surface area contributed by atoms with E-state index in [0.717, 1.165) is 37.0 Å². The van der Waals surface area contributed by atoms with Gasteiger partial charge in [-0.05, 0) is 80.0 Å². The molecule has 0 spiro atoms. The molecule has 0 aromatic heterocycles. The van der Waals surface area contributed by atoms with E-state index < -0.39 is 0 Å². The molecule has 4 nitrogen and oxygen atoms in total. The minimum absolute atomic E-state index is 0.129. The normalized spacial score (nSPS) is 46.6. The Kier molecular flexibility index (Phi) is 5.48. The lowest BCUT2D eigenvalue weighted by atomic mass is 9.47. The molecular formula is C23H39NO3. The van der Waals surface area contributed by atoms with E-state index in [1.54, 1.807) is 5.57 Å². The highest BCUT2D eigenvalue weighted by molar-refractivity contribution is 5.25.